The molecule has 0 fully saturated rings. The average Bonchev–Trinajstić information content (AvgIpc) is 3.22. The van der Waals surface area contributed by atoms with E-state index in [0.717, 1.165) is 22.4 Å². The van der Waals surface area contributed by atoms with Crippen molar-refractivity contribution in [3.05, 3.63) is 108 Å². The standard InChI is InChI=1S/C25H23N5O3S/c26-34(32,33)18-20-8-11-23(12-9-20)28-24(31)13-10-22-17-30(16-19-5-2-1-3-6-19)29-25(22)21-7-4-14-27-15-21/h1-15,17H,16,18H2,(H,28,31)(H2,26,32,33)/b13-10+. The fourth-order valence-electron chi connectivity index (χ4n) is 3.40. The maximum atomic E-state index is 12.5. The van der Waals surface area contributed by atoms with Crippen LogP contribution in [0.25, 0.3) is 17.3 Å². The molecule has 0 aliphatic heterocycles. The predicted octanol–water partition coefficient (Wildman–Crippen LogP) is 3.43. The zero-order valence-corrected chi connectivity index (χ0v) is 19.0. The fraction of sp³-hybridized carbons (Fsp3) is 0.0800. The molecule has 4 aromatic rings. The summed E-state index contributed by atoms with van der Waals surface area (Å²) in [6.45, 7) is 0.596. The lowest BCUT2D eigenvalue weighted by Gasteiger charge is -2.04. The molecule has 0 saturated heterocycles. The van der Waals surface area contributed by atoms with Gasteiger partial charge in [-0.25, -0.2) is 13.6 Å². The number of sulfonamides is 1. The van der Waals surface area contributed by atoms with Crippen molar-refractivity contribution in [2.75, 3.05) is 5.32 Å². The number of nitrogens with zero attached hydrogens (tertiary/aromatic N) is 3. The van der Waals surface area contributed by atoms with Gasteiger partial charge >= 0.3 is 0 Å². The van der Waals surface area contributed by atoms with Crippen LogP contribution in [0, 0.1) is 0 Å². The molecule has 0 radical (unpaired) electrons. The number of nitrogens with two attached hydrogens (primary N) is 1. The van der Waals surface area contributed by atoms with Crippen LogP contribution in [-0.2, 0) is 27.1 Å². The molecule has 3 N–H and O–H groups in total. The van der Waals surface area contributed by atoms with Crippen molar-refractivity contribution >= 4 is 27.7 Å². The van der Waals surface area contributed by atoms with E-state index in [9.17, 15) is 13.2 Å². The molecule has 0 aliphatic carbocycles. The molecule has 0 unspecified atom stereocenters. The summed E-state index contributed by atoms with van der Waals surface area (Å²) in [6, 6.07) is 20.2. The number of primary sulfonamides is 1. The minimum atomic E-state index is -3.61. The number of aromatic nitrogens is 3. The lowest BCUT2D eigenvalue weighted by atomic mass is 10.1. The Morgan fingerprint density at radius 1 is 1.00 bits per heavy atom. The molecule has 34 heavy (non-hydrogen) atoms. The van der Waals surface area contributed by atoms with Gasteiger partial charge in [0.1, 0.15) is 5.69 Å². The number of carbonyl (C=O) groups excluding carboxylic acids is 1. The molecule has 2 aromatic heterocycles. The van der Waals surface area contributed by atoms with Gasteiger partial charge in [0.05, 0.1) is 12.3 Å². The van der Waals surface area contributed by atoms with E-state index < -0.39 is 10.0 Å². The lowest BCUT2D eigenvalue weighted by molar-refractivity contribution is -0.111. The van der Waals surface area contributed by atoms with Crippen LogP contribution in [0.1, 0.15) is 16.7 Å². The first-order valence-corrected chi connectivity index (χ1v) is 12.2. The normalized spacial score (nSPS) is 11.6. The molecule has 0 spiro atoms. The molecule has 0 bridgehead atoms. The van der Waals surface area contributed by atoms with Crippen molar-refractivity contribution in [2.45, 2.75) is 12.3 Å². The van der Waals surface area contributed by atoms with E-state index in [1.54, 1.807) is 42.7 Å². The third-order valence-electron chi connectivity index (χ3n) is 4.92. The second kappa shape index (κ2) is 10.2. The Hall–Kier alpha value is -4.08. The van der Waals surface area contributed by atoms with Crippen LogP contribution in [0.15, 0.2) is 91.4 Å². The van der Waals surface area contributed by atoms with Crippen molar-refractivity contribution in [1.29, 1.82) is 0 Å². The highest BCUT2D eigenvalue weighted by atomic mass is 32.2. The third-order valence-corrected chi connectivity index (χ3v) is 5.65. The average molecular weight is 474 g/mol. The highest BCUT2D eigenvalue weighted by Gasteiger charge is 2.11. The van der Waals surface area contributed by atoms with E-state index in [1.807, 2.05) is 53.3 Å². The van der Waals surface area contributed by atoms with Crippen LogP contribution < -0.4 is 10.5 Å². The number of carbonyl (C=O) groups is 1. The molecule has 172 valence electrons. The molecule has 9 heteroatoms. The summed E-state index contributed by atoms with van der Waals surface area (Å²) in [6.07, 6.45) is 8.46. The summed E-state index contributed by atoms with van der Waals surface area (Å²) >= 11 is 0. The summed E-state index contributed by atoms with van der Waals surface area (Å²) < 4.78 is 24.2. The summed E-state index contributed by atoms with van der Waals surface area (Å²) in [5.41, 5.74) is 4.55. The Bertz CT molecular complexity index is 1400. The van der Waals surface area contributed by atoms with Crippen LogP contribution in [0.3, 0.4) is 0 Å². The van der Waals surface area contributed by atoms with Gasteiger partial charge in [0.2, 0.25) is 15.9 Å². The first kappa shape index (κ1) is 23.1. The van der Waals surface area contributed by atoms with Crippen molar-refractivity contribution in [3.8, 4) is 11.3 Å². The van der Waals surface area contributed by atoms with Crippen molar-refractivity contribution in [3.63, 3.8) is 0 Å². The van der Waals surface area contributed by atoms with Gasteiger partial charge in [-0.1, -0.05) is 42.5 Å². The van der Waals surface area contributed by atoms with Crippen LogP contribution in [0.2, 0.25) is 0 Å². The van der Waals surface area contributed by atoms with Gasteiger partial charge in [-0.3, -0.25) is 14.5 Å². The van der Waals surface area contributed by atoms with Crippen molar-refractivity contribution in [1.82, 2.24) is 14.8 Å². The molecule has 0 saturated carbocycles. The second-order valence-corrected chi connectivity index (χ2v) is 9.30. The number of rotatable bonds is 8. The zero-order chi connectivity index (χ0) is 24.0. The van der Waals surface area contributed by atoms with E-state index in [-0.39, 0.29) is 11.7 Å². The van der Waals surface area contributed by atoms with Crippen LogP contribution >= 0.6 is 0 Å². The largest absolute Gasteiger partial charge is 0.323 e. The third kappa shape index (κ3) is 6.47. The molecular weight excluding hydrogens is 450 g/mol. The van der Waals surface area contributed by atoms with E-state index >= 15 is 0 Å². The van der Waals surface area contributed by atoms with Crippen LogP contribution in [-0.4, -0.2) is 29.1 Å². The topological polar surface area (TPSA) is 120 Å². The number of nitrogens with one attached hydrogen (secondary N) is 1. The monoisotopic (exact) mass is 473 g/mol. The van der Waals surface area contributed by atoms with Crippen LogP contribution in [0.5, 0.6) is 0 Å². The first-order chi connectivity index (χ1) is 16.4. The quantitative estimate of drug-likeness (QED) is 0.380. The minimum absolute atomic E-state index is 0.259. The number of benzene rings is 2. The molecule has 2 aromatic carbocycles. The van der Waals surface area contributed by atoms with Gasteiger partial charge in [0, 0.05) is 41.5 Å². The van der Waals surface area contributed by atoms with Crippen molar-refractivity contribution in [2.24, 2.45) is 5.14 Å². The summed E-state index contributed by atoms with van der Waals surface area (Å²) in [7, 11) is -3.61. The van der Waals surface area contributed by atoms with Crippen molar-refractivity contribution < 1.29 is 13.2 Å². The molecule has 4 rings (SSSR count). The SMILES string of the molecule is NS(=O)(=O)Cc1ccc(NC(=O)/C=C/c2cn(Cc3ccccc3)nc2-c2cccnc2)cc1. The summed E-state index contributed by atoms with van der Waals surface area (Å²) in [5, 5.41) is 12.5. The molecule has 8 nitrogen and oxygen atoms in total. The number of anilines is 1. The molecule has 1 amide bonds. The van der Waals surface area contributed by atoms with E-state index in [0.29, 0.717) is 17.8 Å². The molecule has 0 aliphatic rings. The lowest BCUT2D eigenvalue weighted by Crippen LogP contribution is -2.14. The minimum Gasteiger partial charge on any atom is -0.323 e. The smallest absolute Gasteiger partial charge is 0.248 e. The second-order valence-electron chi connectivity index (χ2n) is 7.68. The Balaban J connectivity index is 1.51. The fourth-order valence-corrected chi connectivity index (χ4v) is 4.06. The van der Waals surface area contributed by atoms with Gasteiger partial charge in [0.25, 0.3) is 0 Å². The number of amides is 1. The highest BCUT2D eigenvalue weighted by molar-refractivity contribution is 7.88. The highest BCUT2D eigenvalue weighted by Crippen LogP contribution is 2.23. The maximum absolute atomic E-state index is 12.5. The number of hydrogen-bond donors (Lipinski definition) is 2. The van der Waals surface area contributed by atoms with E-state index in [1.165, 1.54) is 6.08 Å². The van der Waals surface area contributed by atoms with E-state index in [4.69, 9.17) is 10.2 Å². The van der Waals surface area contributed by atoms with Crippen LogP contribution in [0.4, 0.5) is 5.69 Å². The molecular formula is C25H23N5O3S. The summed E-state index contributed by atoms with van der Waals surface area (Å²) in [5.74, 6) is -0.585. The van der Waals surface area contributed by atoms with Gasteiger partial charge in [0.15, 0.2) is 0 Å². The first-order valence-electron chi connectivity index (χ1n) is 10.5. The van der Waals surface area contributed by atoms with Gasteiger partial charge < -0.3 is 5.32 Å². The van der Waals surface area contributed by atoms with Gasteiger partial charge in [-0.15, -0.1) is 0 Å². The number of hydrogen-bond acceptors (Lipinski definition) is 5. The number of pyridine rings is 1. The predicted molar refractivity (Wildman–Crippen MR) is 132 cm³/mol. The van der Waals surface area contributed by atoms with Gasteiger partial charge in [-0.05, 0) is 41.5 Å². The van der Waals surface area contributed by atoms with E-state index in [2.05, 4.69) is 10.3 Å². The zero-order valence-electron chi connectivity index (χ0n) is 18.2. The molecule has 2 heterocycles. The summed E-state index contributed by atoms with van der Waals surface area (Å²) in [4.78, 5) is 16.7. The Labute approximate surface area is 197 Å². The van der Waals surface area contributed by atoms with Gasteiger partial charge in [-0.2, -0.15) is 5.10 Å². The Morgan fingerprint density at radius 3 is 2.44 bits per heavy atom. The Kier molecular flexibility index (Phi) is 6.95. The maximum Gasteiger partial charge on any atom is 0.248 e. The molecule has 0 atom stereocenters. The Morgan fingerprint density at radius 2 is 1.76 bits per heavy atom.